The molecule has 0 heterocycles. The van der Waals surface area contributed by atoms with Crippen LogP contribution in [0.3, 0.4) is 0 Å². The Morgan fingerprint density at radius 3 is 0.976 bits per heavy atom. The highest BCUT2D eigenvalue weighted by atomic mass is 79.9. The first-order chi connectivity index (χ1) is 19.0. The van der Waals surface area contributed by atoms with Crippen molar-refractivity contribution in [1.29, 1.82) is 0 Å². The Labute approximate surface area is 263 Å². The second-order valence-corrected chi connectivity index (χ2v) is 12.0. The van der Waals surface area contributed by atoms with E-state index in [9.17, 15) is 26.3 Å². The molecule has 4 rings (SSSR count). The summed E-state index contributed by atoms with van der Waals surface area (Å²) in [6, 6.07) is 13.1. The van der Waals surface area contributed by atoms with Crippen molar-refractivity contribution in [3.63, 3.8) is 0 Å². The second-order valence-electron chi connectivity index (χ2n) is 8.60. The Kier molecular flexibility index (Phi) is 8.99. The van der Waals surface area contributed by atoms with E-state index in [2.05, 4.69) is 63.7 Å². The molecule has 0 atom stereocenters. The monoisotopic (exact) mass is 830 g/mol. The first kappa shape index (κ1) is 31.5. The Bertz CT molecular complexity index is 1410. The zero-order chi connectivity index (χ0) is 30.3. The van der Waals surface area contributed by atoms with Crippen LogP contribution >= 0.6 is 63.7 Å². The van der Waals surface area contributed by atoms with Crippen molar-refractivity contribution in [2.45, 2.75) is 17.8 Å². The molecule has 0 radical (unpaired) electrons. The van der Waals surface area contributed by atoms with Gasteiger partial charge in [0.15, 0.2) is 0 Å². The van der Waals surface area contributed by atoms with Crippen LogP contribution in [0.4, 0.5) is 37.7 Å². The highest BCUT2D eigenvalue weighted by molar-refractivity contribution is 9.11. The maximum Gasteiger partial charge on any atom is 0.411 e. The van der Waals surface area contributed by atoms with Gasteiger partial charge in [-0.15, -0.1) is 0 Å². The summed E-state index contributed by atoms with van der Waals surface area (Å²) in [6.45, 7) is 0. The van der Waals surface area contributed by atoms with Crippen molar-refractivity contribution >= 4 is 75.1 Å². The van der Waals surface area contributed by atoms with Crippen molar-refractivity contribution in [2.24, 2.45) is 0 Å². The normalized spacial score (nSPS) is 12.3. The maximum atomic E-state index is 14.6. The molecule has 0 spiro atoms. The second kappa shape index (κ2) is 11.7. The predicted molar refractivity (Wildman–Crippen MR) is 158 cm³/mol. The molecule has 4 aromatic carbocycles. The molecule has 4 nitrogen and oxygen atoms in total. The third-order valence-electron chi connectivity index (χ3n) is 6.00. The first-order valence-corrected chi connectivity index (χ1v) is 14.4. The topological polar surface area (TPSA) is 70.5 Å². The van der Waals surface area contributed by atoms with E-state index in [4.69, 9.17) is 20.9 Å². The lowest BCUT2D eigenvalue weighted by molar-refractivity contribution is -0.288. The summed E-state index contributed by atoms with van der Waals surface area (Å²) in [5.74, 6) is 0.527. The summed E-state index contributed by atoms with van der Waals surface area (Å²) in [4.78, 5) is 0. The minimum absolute atomic E-state index is 0.0140. The molecule has 4 N–H and O–H groups in total. The van der Waals surface area contributed by atoms with Gasteiger partial charge in [0.05, 0.1) is 11.4 Å². The molecule has 0 aliphatic rings. The largest absolute Gasteiger partial charge is 0.457 e. The number of anilines is 2. The fourth-order valence-electron chi connectivity index (χ4n) is 4.04. The molecular weight excluding hydrogens is 818 g/mol. The average Bonchev–Trinajstić information content (AvgIpc) is 2.86. The lowest BCUT2D eigenvalue weighted by atomic mass is 9.73. The Balaban J connectivity index is 1.72. The molecule has 0 bridgehead atoms. The van der Waals surface area contributed by atoms with Crippen LogP contribution in [0.5, 0.6) is 23.0 Å². The molecule has 0 saturated carbocycles. The number of alkyl halides is 6. The molecule has 0 amide bonds. The summed E-state index contributed by atoms with van der Waals surface area (Å²) in [6.07, 6.45) is -11.5. The molecule has 0 aliphatic heterocycles. The van der Waals surface area contributed by atoms with Crippen LogP contribution in [0.25, 0.3) is 0 Å². The Hall–Kier alpha value is -2.42. The quantitative estimate of drug-likeness (QED) is 0.150. The maximum absolute atomic E-state index is 14.6. The summed E-state index contributed by atoms with van der Waals surface area (Å²) >= 11 is 13.0. The first-order valence-electron chi connectivity index (χ1n) is 11.2. The van der Waals surface area contributed by atoms with Gasteiger partial charge in [-0.25, -0.2) is 0 Å². The van der Waals surface area contributed by atoms with E-state index < -0.39 is 28.9 Å². The van der Waals surface area contributed by atoms with E-state index in [0.717, 1.165) is 48.5 Å². The van der Waals surface area contributed by atoms with Crippen molar-refractivity contribution in [3.05, 3.63) is 102 Å². The highest BCUT2D eigenvalue weighted by Gasteiger charge is 2.72. The Morgan fingerprint density at radius 2 is 0.732 bits per heavy atom. The fraction of sp³-hybridized carbons (Fsp3) is 0.111. The molecule has 0 fully saturated rings. The molecule has 0 aliphatic carbocycles. The van der Waals surface area contributed by atoms with E-state index in [1.54, 1.807) is 0 Å². The van der Waals surface area contributed by atoms with Crippen LogP contribution in [-0.2, 0) is 5.41 Å². The number of rotatable bonds is 6. The van der Waals surface area contributed by atoms with Gasteiger partial charge in [-0.3, -0.25) is 0 Å². The van der Waals surface area contributed by atoms with Gasteiger partial charge in [-0.1, -0.05) is 24.3 Å². The molecule has 216 valence electrons. The fourth-order valence-corrected chi connectivity index (χ4v) is 6.33. The molecule has 14 heteroatoms. The highest BCUT2D eigenvalue weighted by Crippen LogP contribution is 2.56. The van der Waals surface area contributed by atoms with E-state index in [1.807, 2.05) is 0 Å². The van der Waals surface area contributed by atoms with Gasteiger partial charge in [0.2, 0.25) is 5.41 Å². The van der Waals surface area contributed by atoms with Gasteiger partial charge in [-0.05, 0) is 123 Å². The van der Waals surface area contributed by atoms with Crippen molar-refractivity contribution < 1.29 is 35.8 Å². The average molecular weight is 834 g/mol. The van der Waals surface area contributed by atoms with Crippen LogP contribution < -0.4 is 20.9 Å². The molecule has 0 saturated heterocycles. The Morgan fingerprint density at radius 1 is 0.463 bits per heavy atom. The summed E-state index contributed by atoms with van der Waals surface area (Å²) in [7, 11) is 0. The van der Waals surface area contributed by atoms with E-state index in [0.29, 0.717) is 29.3 Å². The third-order valence-corrected chi connectivity index (χ3v) is 8.63. The number of hydrogen-bond acceptors (Lipinski definition) is 4. The minimum atomic E-state index is -5.75. The molecule has 0 unspecified atom stereocenters. The van der Waals surface area contributed by atoms with Gasteiger partial charge in [-0.2, -0.15) is 26.3 Å². The van der Waals surface area contributed by atoms with E-state index in [1.165, 1.54) is 24.3 Å². The molecule has 41 heavy (non-hydrogen) atoms. The lowest BCUT2D eigenvalue weighted by Gasteiger charge is -2.38. The summed E-state index contributed by atoms with van der Waals surface area (Å²) in [5, 5.41) is 0. The number of benzene rings is 4. The SMILES string of the molecule is Nc1c(Br)cc(Oc2ccc(C(c3ccc(Oc4cc(Br)c(N)c(Br)c4)cc3)(C(F)(F)F)C(F)(F)F)cc2)cc1Br. The van der Waals surface area contributed by atoms with Crippen molar-refractivity contribution in [1.82, 2.24) is 0 Å². The standard InChI is InChI=1S/C27H16Br4F6N2O2/c28-19-9-17(10-20(29)23(19)38)40-15-5-1-13(2-6-15)25(26(32,33)34,27(35,36)37)14-3-7-16(8-4-14)41-18-11-21(30)24(39)22(31)12-18/h1-12H,38-39H2. The van der Waals surface area contributed by atoms with Gasteiger partial charge < -0.3 is 20.9 Å². The number of halogens is 10. The zero-order valence-electron chi connectivity index (χ0n) is 20.2. The third kappa shape index (κ3) is 6.20. The molecule has 0 aromatic heterocycles. The van der Waals surface area contributed by atoms with Gasteiger partial charge in [0.1, 0.15) is 23.0 Å². The van der Waals surface area contributed by atoms with Gasteiger partial charge in [0, 0.05) is 17.9 Å². The predicted octanol–water partition coefficient (Wildman–Crippen LogP) is 10.9. The van der Waals surface area contributed by atoms with Crippen LogP contribution in [0, 0.1) is 0 Å². The zero-order valence-corrected chi connectivity index (χ0v) is 26.5. The number of hydrogen-bond donors (Lipinski definition) is 2. The van der Waals surface area contributed by atoms with Crippen LogP contribution in [-0.4, -0.2) is 12.4 Å². The lowest BCUT2D eigenvalue weighted by Crippen LogP contribution is -2.54. The van der Waals surface area contributed by atoms with Gasteiger partial charge >= 0.3 is 12.4 Å². The van der Waals surface area contributed by atoms with Gasteiger partial charge in [0.25, 0.3) is 0 Å². The van der Waals surface area contributed by atoms with E-state index >= 15 is 0 Å². The summed E-state index contributed by atoms with van der Waals surface area (Å²) in [5.41, 5.74) is 6.03. The van der Waals surface area contributed by atoms with Crippen molar-refractivity contribution in [2.75, 3.05) is 11.5 Å². The molecule has 4 aromatic rings. The number of nitrogens with two attached hydrogens (primary N) is 2. The van der Waals surface area contributed by atoms with E-state index in [-0.39, 0.29) is 23.0 Å². The number of nitrogen functional groups attached to an aromatic ring is 2. The molecular formula is C27H16Br4F6N2O2. The van der Waals surface area contributed by atoms with Crippen LogP contribution in [0.15, 0.2) is 90.7 Å². The minimum Gasteiger partial charge on any atom is -0.457 e. The summed E-state index contributed by atoms with van der Waals surface area (Å²) < 4.78 is 101. The number of ether oxygens (including phenoxy) is 2. The van der Waals surface area contributed by atoms with Crippen LogP contribution in [0.2, 0.25) is 0 Å². The van der Waals surface area contributed by atoms with Crippen LogP contribution in [0.1, 0.15) is 11.1 Å². The van der Waals surface area contributed by atoms with Crippen molar-refractivity contribution in [3.8, 4) is 23.0 Å². The smallest absolute Gasteiger partial charge is 0.411 e.